The van der Waals surface area contributed by atoms with Gasteiger partial charge in [0.05, 0.1) is 28.0 Å². The van der Waals surface area contributed by atoms with E-state index in [1.54, 1.807) is 23.5 Å². The van der Waals surface area contributed by atoms with Gasteiger partial charge in [-0.05, 0) is 97.3 Å². The van der Waals surface area contributed by atoms with Gasteiger partial charge in [-0.25, -0.2) is 14.2 Å². The van der Waals surface area contributed by atoms with Crippen LogP contribution in [0.5, 0.6) is 0 Å². The summed E-state index contributed by atoms with van der Waals surface area (Å²) in [5, 5.41) is 15.2. The van der Waals surface area contributed by atoms with Crippen molar-refractivity contribution in [1.29, 1.82) is 0 Å². The Morgan fingerprint density at radius 3 is 2.25 bits per heavy atom. The van der Waals surface area contributed by atoms with E-state index in [0.717, 1.165) is 40.2 Å². The summed E-state index contributed by atoms with van der Waals surface area (Å²) in [6, 6.07) is 9.30. The molecule has 1 aliphatic rings. The van der Waals surface area contributed by atoms with Gasteiger partial charge >= 0.3 is 12.2 Å². The Morgan fingerprint density at radius 1 is 0.925 bits per heavy atom. The molecule has 4 aromatic rings. The van der Waals surface area contributed by atoms with Gasteiger partial charge in [0, 0.05) is 16.8 Å². The maximum absolute atomic E-state index is 13.6. The van der Waals surface area contributed by atoms with Crippen molar-refractivity contribution in [2.24, 2.45) is 0 Å². The molecule has 10 heteroatoms. The fourth-order valence-electron chi connectivity index (χ4n) is 5.03. The average Bonchev–Trinajstić information content (AvgIpc) is 3.53. The predicted octanol–water partition coefficient (Wildman–Crippen LogP) is 6.76. The molecule has 9 nitrogen and oxygen atoms in total. The zero-order valence-corrected chi connectivity index (χ0v) is 24.9. The number of fused-ring (bicyclic) bond motifs is 2. The van der Waals surface area contributed by atoms with Crippen molar-refractivity contribution < 1.29 is 24.2 Å². The van der Waals surface area contributed by atoms with E-state index >= 15 is 0 Å². The minimum Gasteiger partial charge on any atom is -0.443 e. The topological polar surface area (TPSA) is 98.8 Å². The lowest BCUT2D eigenvalue weighted by atomic mass is 10.1. The minimum atomic E-state index is -0.717. The Bertz CT molecular complexity index is 1560. The molecular weight excluding hydrogens is 528 g/mol. The smallest absolute Gasteiger partial charge is 0.435 e. The average molecular weight is 567 g/mol. The molecule has 0 aliphatic carbocycles. The zero-order chi connectivity index (χ0) is 28.8. The summed E-state index contributed by atoms with van der Waals surface area (Å²) in [4.78, 5) is 30.5. The number of aliphatic hydroxyl groups excluding tert-OH is 1. The van der Waals surface area contributed by atoms with Crippen LogP contribution in [-0.4, -0.2) is 60.8 Å². The fourth-order valence-corrected chi connectivity index (χ4v) is 6.20. The Hall–Kier alpha value is -3.21. The van der Waals surface area contributed by atoms with E-state index in [1.165, 1.54) is 28.5 Å². The summed E-state index contributed by atoms with van der Waals surface area (Å²) in [5.41, 5.74) is 1.61. The second-order valence-electron chi connectivity index (χ2n) is 12.4. The first-order valence-electron chi connectivity index (χ1n) is 13.8. The highest BCUT2D eigenvalue weighted by molar-refractivity contribution is 7.19. The van der Waals surface area contributed by atoms with E-state index in [0.29, 0.717) is 22.4 Å². The maximum Gasteiger partial charge on any atom is 0.435 e. The molecule has 0 unspecified atom stereocenters. The molecule has 0 amide bonds. The summed E-state index contributed by atoms with van der Waals surface area (Å²) >= 11 is 1.58. The number of carbonyl (C=O) groups is 2. The number of hydrogen-bond acceptors (Lipinski definition) is 8. The Labute approximate surface area is 238 Å². The summed E-state index contributed by atoms with van der Waals surface area (Å²) in [5.74, 6) is 0. The standard InChI is InChI=1S/C30H38N4O5S/c1-29(2,3)38-27(36)33-22-11-10-19(18-35)14-20(22)15-23(33)25-26-24(34(31-25)28(37)39-30(4,5)6)16-21(40-26)17-32-12-8-7-9-13-32/h10-11,14-16,35H,7-9,12-13,17-18H2,1-6H3. The van der Waals surface area contributed by atoms with Crippen molar-refractivity contribution in [2.75, 3.05) is 13.1 Å². The highest BCUT2D eigenvalue weighted by Gasteiger charge is 2.29. The summed E-state index contributed by atoms with van der Waals surface area (Å²) in [6.07, 6.45) is 2.52. The fraction of sp³-hybridized carbons (Fsp3) is 0.500. The van der Waals surface area contributed by atoms with Crippen molar-refractivity contribution in [3.05, 3.63) is 40.8 Å². The van der Waals surface area contributed by atoms with Crippen molar-refractivity contribution in [3.8, 4) is 11.4 Å². The first kappa shape index (κ1) is 28.3. The van der Waals surface area contributed by atoms with Crippen LogP contribution in [0.15, 0.2) is 30.3 Å². The van der Waals surface area contributed by atoms with Gasteiger partial charge in [0.25, 0.3) is 0 Å². The number of carbonyl (C=O) groups excluding carboxylic acids is 2. The molecular formula is C30H38N4O5S. The number of hydrogen-bond donors (Lipinski definition) is 1. The molecule has 1 N–H and O–H groups in total. The van der Waals surface area contributed by atoms with Gasteiger partial charge in [-0.2, -0.15) is 9.78 Å². The molecule has 1 saturated heterocycles. The van der Waals surface area contributed by atoms with Crippen molar-refractivity contribution in [3.63, 3.8) is 0 Å². The highest BCUT2D eigenvalue weighted by atomic mass is 32.1. The number of piperidine rings is 1. The lowest BCUT2D eigenvalue weighted by Gasteiger charge is -2.25. The first-order valence-corrected chi connectivity index (χ1v) is 14.6. The van der Waals surface area contributed by atoms with Crippen LogP contribution in [0.3, 0.4) is 0 Å². The zero-order valence-electron chi connectivity index (χ0n) is 24.1. The van der Waals surface area contributed by atoms with E-state index in [-0.39, 0.29) is 6.61 Å². The number of nitrogens with zero attached hydrogens (tertiary/aromatic N) is 4. The number of thiophene rings is 1. The van der Waals surface area contributed by atoms with Crippen molar-refractivity contribution >= 4 is 44.6 Å². The molecule has 4 heterocycles. The van der Waals surface area contributed by atoms with Crippen LogP contribution in [0.4, 0.5) is 9.59 Å². The SMILES string of the molecule is CC(C)(C)OC(=O)n1nc(-c2cc3cc(CO)ccc3n2C(=O)OC(C)(C)C)c2sc(CN3CCCCC3)cc21. The number of likely N-dealkylation sites (tertiary alicyclic amines) is 1. The van der Waals surface area contributed by atoms with Crippen molar-refractivity contribution in [1.82, 2.24) is 19.2 Å². The van der Waals surface area contributed by atoms with Crippen LogP contribution in [0.1, 0.15) is 71.2 Å². The third kappa shape index (κ3) is 5.94. The Kier molecular flexibility index (Phi) is 7.54. The largest absolute Gasteiger partial charge is 0.443 e. The van der Waals surface area contributed by atoms with Gasteiger partial charge in [0.2, 0.25) is 0 Å². The lowest BCUT2D eigenvalue weighted by molar-refractivity contribution is 0.0520. The molecule has 40 heavy (non-hydrogen) atoms. The second kappa shape index (κ2) is 10.6. The number of rotatable bonds is 4. The van der Waals surface area contributed by atoms with E-state index < -0.39 is 23.4 Å². The van der Waals surface area contributed by atoms with Crippen LogP contribution in [0.25, 0.3) is 32.5 Å². The normalized spacial score (nSPS) is 15.2. The molecule has 214 valence electrons. The molecule has 0 spiro atoms. The predicted molar refractivity (Wildman–Crippen MR) is 157 cm³/mol. The molecule has 0 saturated carbocycles. The van der Waals surface area contributed by atoms with Gasteiger partial charge < -0.3 is 14.6 Å². The molecule has 1 aliphatic heterocycles. The van der Waals surface area contributed by atoms with Crippen LogP contribution in [0, 0.1) is 0 Å². The second-order valence-corrected chi connectivity index (χ2v) is 13.5. The summed E-state index contributed by atoms with van der Waals surface area (Å²) in [7, 11) is 0. The number of benzene rings is 1. The molecule has 0 bridgehead atoms. The first-order chi connectivity index (χ1) is 18.8. The molecule has 0 atom stereocenters. The van der Waals surface area contributed by atoms with E-state index in [1.807, 2.05) is 59.7 Å². The van der Waals surface area contributed by atoms with Gasteiger partial charge in [-0.15, -0.1) is 11.3 Å². The number of ether oxygens (including phenoxy) is 2. The van der Waals surface area contributed by atoms with Crippen molar-refractivity contribution in [2.45, 2.75) is 85.2 Å². The Morgan fingerprint density at radius 2 is 1.60 bits per heavy atom. The molecule has 1 fully saturated rings. The van der Waals surface area contributed by atoms with Gasteiger partial charge in [-0.1, -0.05) is 12.5 Å². The van der Waals surface area contributed by atoms with Gasteiger partial charge in [0.1, 0.15) is 16.9 Å². The van der Waals surface area contributed by atoms with E-state index in [9.17, 15) is 14.7 Å². The maximum atomic E-state index is 13.6. The third-order valence-corrected chi connectivity index (χ3v) is 7.78. The number of aromatic nitrogens is 3. The molecule has 5 rings (SSSR count). The summed E-state index contributed by atoms with van der Waals surface area (Å²) < 4.78 is 15.1. The summed E-state index contributed by atoms with van der Waals surface area (Å²) in [6.45, 7) is 13.7. The van der Waals surface area contributed by atoms with Crippen LogP contribution in [0.2, 0.25) is 0 Å². The van der Waals surface area contributed by atoms with Gasteiger partial charge in [-0.3, -0.25) is 4.90 Å². The lowest BCUT2D eigenvalue weighted by Crippen LogP contribution is -2.29. The van der Waals surface area contributed by atoms with Crippen LogP contribution < -0.4 is 0 Å². The monoisotopic (exact) mass is 566 g/mol. The van der Waals surface area contributed by atoms with E-state index in [2.05, 4.69) is 4.90 Å². The van der Waals surface area contributed by atoms with E-state index in [4.69, 9.17) is 14.6 Å². The minimum absolute atomic E-state index is 0.120. The highest BCUT2D eigenvalue weighted by Crippen LogP contribution is 2.39. The molecule has 1 aromatic carbocycles. The van der Waals surface area contributed by atoms with Crippen LogP contribution in [-0.2, 0) is 22.6 Å². The molecule has 3 aromatic heterocycles. The van der Waals surface area contributed by atoms with Crippen LogP contribution >= 0.6 is 11.3 Å². The van der Waals surface area contributed by atoms with Gasteiger partial charge in [0.15, 0.2) is 0 Å². The number of aliphatic hydroxyl groups is 1. The molecule has 0 radical (unpaired) electrons. The quantitative estimate of drug-likeness (QED) is 0.291. The Balaban J connectivity index is 1.69. The third-order valence-electron chi connectivity index (χ3n) is 6.67.